The second-order valence-electron chi connectivity index (χ2n) is 6.54. The van der Waals surface area contributed by atoms with E-state index in [4.69, 9.17) is 15.2 Å². The Hall–Kier alpha value is -2.17. The SMILES string of the molecule is CO[C@H]([C@H](C)[C@H](/C=C/c1ccccc1)OC)[C@@H](C)/C=C/C(C)=C/C(N)=O. The Labute approximate surface area is 157 Å². The molecular weight excluding hydrogens is 326 g/mol. The number of primary amides is 1. The maximum atomic E-state index is 10.9. The molecule has 142 valence electrons. The summed E-state index contributed by atoms with van der Waals surface area (Å²) in [5, 5.41) is 0. The van der Waals surface area contributed by atoms with Crippen LogP contribution in [0.1, 0.15) is 26.3 Å². The van der Waals surface area contributed by atoms with Crippen LogP contribution in [0.25, 0.3) is 6.08 Å². The Balaban J connectivity index is 2.83. The third-order valence-electron chi connectivity index (χ3n) is 4.41. The monoisotopic (exact) mass is 357 g/mol. The molecular formula is C22H31NO3. The van der Waals surface area contributed by atoms with E-state index in [1.807, 2.05) is 37.3 Å². The van der Waals surface area contributed by atoms with Gasteiger partial charge in [-0.2, -0.15) is 0 Å². The summed E-state index contributed by atoms with van der Waals surface area (Å²) in [5.74, 6) is -0.152. The highest BCUT2D eigenvalue weighted by atomic mass is 16.5. The van der Waals surface area contributed by atoms with E-state index in [9.17, 15) is 4.79 Å². The summed E-state index contributed by atoms with van der Waals surface area (Å²) in [6, 6.07) is 10.1. The molecule has 0 heterocycles. The zero-order chi connectivity index (χ0) is 19.5. The van der Waals surface area contributed by atoms with E-state index in [1.54, 1.807) is 14.2 Å². The van der Waals surface area contributed by atoms with E-state index in [2.05, 4.69) is 38.1 Å². The van der Waals surface area contributed by atoms with E-state index in [0.29, 0.717) is 0 Å². The Bertz CT molecular complexity index is 634. The Kier molecular flexibility index (Phi) is 9.63. The molecule has 4 nitrogen and oxygen atoms in total. The summed E-state index contributed by atoms with van der Waals surface area (Å²) < 4.78 is 11.4. The van der Waals surface area contributed by atoms with Crippen LogP contribution in [-0.4, -0.2) is 32.3 Å². The third kappa shape index (κ3) is 7.38. The molecule has 0 spiro atoms. The number of hydrogen-bond donors (Lipinski definition) is 1. The molecule has 1 aromatic carbocycles. The molecule has 0 aliphatic rings. The minimum atomic E-state index is -0.443. The summed E-state index contributed by atoms with van der Waals surface area (Å²) in [5.41, 5.74) is 7.13. The van der Waals surface area contributed by atoms with Crippen LogP contribution >= 0.6 is 0 Å². The number of carbonyl (C=O) groups excluding carboxylic acids is 1. The number of methoxy groups -OCH3 is 2. The molecule has 26 heavy (non-hydrogen) atoms. The molecule has 1 amide bonds. The highest BCUT2D eigenvalue weighted by molar-refractivity contribution is 5.86. The zero-order valence-corrected chi connectivity index (χ0v) is 16.4. The number of carbonyl (C=O) groups is 1. The van der Waals surface area contributed by atoms with Crippen LogP contribution in [-0.2, 0) is 14.3 Å². The second kappa shape index (κ2) is 11.4. The molecule has 0 radical (unpaired) electrons. The smallest absolute Gasteiger partial charge is 0.241 e. The number of ether oxygens (including phenoxy) is 2. The largest absolute Gasteiger partial charge is 0.380 e. The highest BCUT2D eigenvalue weighted by Crippen LogP contribution is 2.24. The van der Waals surface area contributed by atoms with Crippen molar-refractivity contribution in [1.82, 2.24) is 0 Å². The van der Waals surface area contributed by atoms with E-state index >= 15 is 0 Å². The predicted octanol–water partition coefficient (Wildman–Crippen LogP) is 3.99. The van der Waals surface area contributed by atoms with Crippen LogP contribution in [0.5, 0.6) is 0 Å². The molecule has 0 aliphatic carbocycles. The van der Waals surface area contributed by atoms with Gasteiger partial charge in [0, 0.05) is 32.1 Å². The summed E-state index contributed by atoms with van der Waals surface area (Å²) in [7, 11) is 3.43. The van der Waals surface area contributed by atoms with Crippen molar-refractivity contribution in [3.63, 3.8) is 0 Å². The molecule has 0 unspecified atom stereocenters. The lowest BCUT2D eigenvalue weighted by Gasteiger charge is -2.30. The number of hydrogen-bond acceptors (Lipinski definition) is 3. The van der Waals surface area contributed by atoms with Crippen LogP contribution in [0.3, 0.4) is 0 Å². The fourth-order valence-corrected chi connectivity index (χ4v) is 3.02. The van der Waals surface area contributed by atoms with Gasteiger partial charge in [0.1, 0.15) is 0 Å². The van der Waals surface area contributed by atoms with E-state index in [1.165, 1.54) is 6.08 Å². The normalized spacial score (nSPS) is 17.3. The van der Waals surface area contributed by atoms with Crippen molar-refractivity contribution in [2.24, 2.45) is 17.6 Å². The quantitative estimate of drug-likeness (QED) is 0.509. The molecule has 4 heteroatoms. The fourth-order valence-electron chi connectivity index (χ4n) is 3.02. The van der Waals surface area contributed by atoms with Crippen LogP contribution in [0.4, 0.5) is 0 Å². The molecule has 0 saturated heterocycles. The fraction of sp³-hybridized carbons (Fsp3) is 0.409. The van der Waals surface area contributed by atoms with Gasteiger partial charge >= 0.3 is 0 Å². The lowest BCUT2D eigenvalue weighted by molar-refractivity contribution is -0.113. The van der Waals surface area contributed by atoms with Gasteiger partial charge in [0.2, 0.25) is 5.91 Å². The molecule has 0 saturated carbocycles. The number of rotatable bonds is 10. The van der Waals surface area contributed by atoms with E-state index in [0.717, 1.165) is 11.1 Å². The van der Waals surface area contributed by atoms with Gasteiger partial charge in [-0.1, -0.05) is 68.5 Å². The van der Waals surface area contributed by atoms with Crippen molar-refractivity contribution in [2.45, 2.75) is 33.0 Å². The first-order valence-electron chi connectivity index (χ1n) is 8.83. The van der Waals surface area contributed by atoms with Crippen LogP contribution in [0.2, 0.25) is 0 Å². The molecule has 1 rings (SSSR count). The van der Waals surface area contributed by atoms with E-state index in [-0.39, 0.29) is 24.0 Å². The third-order valence-corrected chi connectivity index (χ3v) is 4.41. The first-order valence-corrected chi connectivity index (χ1v) is 8.83. The first-order chi connectivity index (χ1) is 12.4. The predicted molar refractivity (Wildman–Crippen MR) is 107 cm³/mol. The van der Waals surface area contributed by atoms with Crippen LogP contribution in [0, 0.1) is 11.8 Å². The number of nitrogens with two attached hydrogens (primary N) is 1. The highest BCUT2D eigenvalue weighted by Gasteiger charge is 2.27. The van der Waals surface area contributed by atoms with Crippen molar-refractivity contribution < 1.29 is 14.3 Å². The molecule has 1 aromatic rings. The summed E-state index contributed by atoms with van der Waals surface area (Å²) in [4.78, 5) is 10.9. The second-order valence-corrected chi connectivity index (χ2v) is 6.54. The van der Waals surface area contributed by atoms with Gasteiger partial charge < -0.3 is 15.2 Å². The maximum absolute atomic E-state index is 10.9. The zero-order valence-electron chi connectivity index (χ0n) is 16.4. The van der Waals surface area contributed by atoms with Crippen molar-refractivity contribution in [3.05, 3.63) is 65.8 Å². The van der Waals surface area contributed by atoms with E-state index < -0.39 is 5.91 Å². The standard InChI is InChI=1S/C22H31NO3/c1-16(15-21(23)24)11-12-17(2)22(26-5)18(3)20(25-4)14-13-19-9-7-6-8-10-19/h6-15,17-18,20,22H,1-5H3,(H2,23,24)/b12-11+,14-13+,16-15+/t17-,18+,20-,22-/m0/s1. The summed E-state index contributed by atoms with van der Waals surface area (Å²) >= 11 is 0. The van der Waals surface area contributed by atoms with Gasteiger partial charge in [-0.3, -0.25) is 4.79 Å². The van der Waals surface area contributed by atoms with Crippen LogP contribution < -0.4 is 5.73 Å². The number of amides is 1. The van der Waals surface area contributed by atoms with Gasteiger partial charge in [-0.05, 0) is 18.1 Å². The first kappa shape index (κ1) is 21.9. The van der Waals surface area contributed by atoms with Gasteiger partial charge in [0.25, 0.3) is 0 Å². The molecule has 0 aliphatic heterocycles. The van der Waals surface area contributed by atoms with Crippen molar-refractivity contribution in [1.29, 1.82) is 0 Å². The lowest BCUT2D eigenvalue weighted by Crippen LogP contribution is -2.35. The Morgan fingerprint density at radius 3 is 2.27 bits per heavy atom. The summed E-state index contributed by atoms with van der Waals surface area (Å²) in [6.45, 7) is 6.06. The molecule has 4 atom stereocenters. The van der Waals surface area contributed by atoms with Crippen molar-refractivity contribution >= 4 is 12.0 Å². The Morgan fingerprint density at radius 2 is 1.73 bits per heavy atom. The molecule has 0 aromatic heterocycles. The summed E-state index contributed by atoms with van der Waals surface area (Å²) in [6.07, 6.45) is 9.38. The van der Waals surface area contributed by atoms with Gasteiger partial charge in [-0.25, -0.2) is 0 Å². The topological polar surface area (TPSA) is 61.6 Å². The van der Waals surface area contributed by atoms with Crippen LogP contribution in [0.15, 0.2) is 60.2 Å². The van der Waals surface area contributed by atoms with Gasteiger partial charge in [-0.15, -0.1) is 0 Å². The Morgan fingerprint density at radius 1 is 1.08 bits per heavy atom. The lowest BCUT2D eigenvalue weighted by atomic mass is 9.88. The molecule has 2 N–H and O–H groups in total. The minimum absolute atomic E-state index is 0.0296. The van der Waals surface area contributed by atoms with Crippen molar-refractivity contribution in [3.8, 4) is 0 Å². The van der Waals surface area contributed by atoms with Gasteiger partial charge in [0.05, 0.1) is 12.2 Å². The minimum Gasteiger partial charge on any atom is -0.380 e. The van der Waals surface area contributed by atoms with Gasteiger partial charge in [0.15, 0.2) is 0 Å². The molecule has 0 bridgehead atoms. The average molecular weight is 357 g/mol. The van der Waals surface area contributed by atoms with Crippen molar-refractivity contribution in [2.75, 3.05) is 14.2 Å². The number of allylic oxidation sites excluding steroid dienone is 2. The number of benzene rings is 1. The average Bonchev–Trinajstić information content (AvgIpc) is 2.61. The maximum Gasteiger partial charge on any atom is 0.241 e. The molecule has 0 fully saturated rings.